The Labute approximate surface area is 76.5 Å². The van der Waals surface area contributed by atoms with Crippen LogP contribution in [0.25, 0.3) is 0 Å². The van der Waals surface area contributed by atoms with Crippen LogP contribution in [0.2, 0.25) is 0 Å². The Morgan fingerprint density at radius 3 is 2.50 bits per heavy atom. The minimum Gasteiger partial charge on any atom is -0.508 e. The molecule has 0 saturated heterocycles. The van der Waals surface area contributed by atoms with Crippen molar-refractivity contribution in [1.82, 2.24) is 0 Å². The Morgan fingerprint density at radius 1 is 1.36 bits per heavy atom. The summed E-state index contributed by atoms with van der Waals surface area (Å²) in [4.78, 5) is 12.7. The Bertz CT molecular complexity index is 394. The minimum atomic E-state index is -4.66. The van der Waals surface area contributed by atoms with Gasteiger partial charge < -0.3 is 5.11 Å². The zero-order valence-corrected chi connectivity index (χ0v) is 6.67. The van der Waals surface area contributed by atoms with Crippen LogP contribution in [-0.2, 0) is 11.0 Å². The summed E-state index contributed by atoms with van der Waals surface area (Å²) in [5.41, 5.74) is -1.73. The van der Waals surface area contributed by atoms with E-state index in [0.29, 0.717) is 6.07 Å². The molecule has 3 nitrogen and oxygen atoms in total. The molecule has 0 unspecified atom stereocenters. The molecular formula is C8H4F3NO2. The molecular weight excluding hydrogens is 199 g/mol. The average Bonchev–Trinajstić information content (AvgIpc) is 2.07. The number of halogens is 3. The van der Waals surface area contributed by atoms with Gasteiger partial charge in [0.2, 0.25) is 6.08 Å². The van der Waals surface area contributed by atoms with Crippen molar-refractivity contribution in [3.8, 4) is 5.75 Å². The summed E-state index contributed by atoms with van der Waals surface area (Å²) < 4.78 is 36.8. The largest absolute Gasteiger partial charge is 0.508 e. The topological polar surface area (TPSA) is 49.7 Å². The molecule has 0 aliphatic heterocycles. The number of alkyl halides is 3. The molecule has 1 N–H and O–H groups in total. The van der Waals surface area contributed by atoms with Gasteiger partial charge in [0, 0.05) is 0 Å². The fourth-order valence-corrected chi connectivity index (χ4v) is 0.898. The molecule has 0 fully saturated rings. The third-order valence-electron chi connectivity index (χ3n) is 1.45. The summed E-state index contributed by atoms with van der Waals surface area (Å²) in [5.74, 6) is -0.540. The molecule has 0 aromatic heterocycles. The third-order valence-corrected chi connectivity index (χ3v) is 1.45. The van der Waals surface area contributed by atoms with Gasteiger partial charge in [0.25, 0.3) is 0 Å². The van der Waals surface area contributed by atoms with Crippen LogP contribution in [0.3, 0.4) is 0 Å². The van der Waals surface area contributed by atoms with Gasteiger partial charge in [-0.15, -0.1) is 0 Å². The first-order valence-electron chi connectivity index (χ1n) is 3.43. The molecule has 74 valence electrons. The van der Waals surface area contributed by atoms with E-state index in [9.17, 15) is 18.0 Å². The number of rotatable bonds is 1. The highest BCUT2D eigenvalue weighted by Crippen LogP contribution is 2.37. The minimum absolute atomic E-state index is 0.496. The van der Waals surface area contributed by atoms with Crippen molar-refractivity contribution < 1.29 is 23.1 Å². The summed E-state index contributed by atoms with van der Waals surface area (Å²) in [6.45, 7) is 0. The molecule has 6 heteroatoms. The van der Waals surface area contributed by atoms with Gasteiger partial charge in [-0.25, -0.2) is 4.79 Å². The highest BCUT2D eigenvalue weighted by molar-refractivity contribution is 5.56. The van der Waals surface area contributed by atoms with Crippen LogP contribution in [-0.4, -0.2) is 11.2 Å². The molecule has 0 heterocycles. The summed E-state index contributed by atoms with van der Waals surface area (Å²) in [7, 11) is 0. The van der Waals surface area contributed by atoms with Gasteiger partial charge in [-0.2, -0.15) is 18.2 Å². The molecule has 0 aliphatic carbocycles. The zero-order valence-electron chi connectivity index (χ0n) is 6.67. The molecule has 1 aromatic rings. The van der Waals surface area contributed by atoms with Crippen LogP contribution in [0.1, 0.15) is 5.56 Å². The Hall–Kier alpha value is -1.81. The van der Waals surface area contributed by atoms with Crippen molar-refractivity contribution in [2.45, 2.75) is 6.18 Å². The monoisotopic (exact) mass is 203 g/mol. The summed E-state index contributed by atoms with van der Waals surface area (Å²) in [6, 6.07) is 2.39. The van der Waals surface area contributed by atoms with E-state index in [4.69, 9.17) is 5.11 Å². The van der Waals surface area contributed by atoms with Crippen LogP contribution >= 0.6 is 0 Å². The molecule has 1 rings (SSSR count). The van der Waals surface area contributed by atoms with Crippen molar-refractivity contribution in [2.75, 3.05) is 0 Å². The lowest BCUT2D eigenvalue weighted by molar-refractivity contribution is -0.137. The van der Waals surface area contributed by atoms with Gasteiger partial charge >= 0.3 is 6.18 Å². The lowest BCUT2D eigenvalue weighted by Gasteiger charge is -2.08. The fraction of sp³-hybridized carbons (Fsp3) is 0.125. The first-order chi connectivity index (χ1) is 6.45. The molecule has 0 spiro atoms. The van der Waals surface area contributed by atoms with Crippen LogP contribution in [0.4, 0.5) is 18.9 Å². The SMILES string of the molecule is O=C=Nc1ccc(O)cc1C(F)(F)F. The number of isocyanates is 1. The number of aromatic hydroxyl groups is 1. The van der Waals surface area contributed by atoms with Crippen molar-refractivity contribution in [1.29, 1.82) is 0 Å². The van der Waals surface area contributed by atoms with Crippen LogP contribution < -0.4 is 0 Å². The summed E-state index contributed by atoms with van der Waals surface area (Å²) in [5, 5.41) is 8.83. The molecule has 0 saturated carbocycles. The first-order valence-corrected chi connectivity index (χ1v) is 3.43. The van der Waals surface area contributed by atoms with E-state index in [2.05, 4.69) is 4.99 Å². The molecule has 14 heavy (non-hydrogen) atoms. The van der Waals surface area contributed by atoms with Crippen molar-refractivity contribution in [3.05, 3.63) is 23.8 Å². The number of nitrogens with zero attached hydrogens (tertiary/aromatic N) is 1. The van der Waals surface area contributed by atoms with E-state index in [0.717, 1.165) is 18.2 Å². The number of phenolic OH excluding ortho intramolecular Hbond substituents is 1. The third kappa shape index (κ3) is 2.11. The van der Waals surface area contributed by atoms with Crippen molar-refractivity contribution >= 4 is 11.8 Å². The van der Waals surface area contributed by atoms with Crippen LogP contribution in [0, 0.1) is 0 Å². The van der Waals surface area contributed by atoms with Gasteiger partial charge in [-0.05, 0) is 18.2 Å². The van der Waals surface area contributed by atoms with Gasteiger partial charge in [0.1, 0.15) is 5.75 Å². The van der Waals surface area contributed by atoms with Crippen molar-refractivity contribution in [3.63, 3.8) is 0 Å². The fourth-order valence-electron chi connectivity index (χ4n) is 0.898. The lowest BCUT2D eigenvalue weighted by Crippen LogP contribution is -2.04. The summed E-state index contributed by atoms with van der Waals surface area (Å²) in [6.07, 6.45) is -3.65. The van der Waals surface area contributed by atoms with Gasteiger partial charge in [0.15, 0.2) is 0 Å². The maximum absolute atomic E-state index is 12.3. The van der Waals surface area contributed by atoms with E-state index in [-0.39, 0.29) is 0 Å². The Morgan fingerprint density at radius 2 is 2.00 bits per heavy atom. The predicted octanol–water partition coefficient (Wildman–Crippen LogP) is 2.38. The number of hydrogen-bond donors (Lipinski definition) is 1. The zero-order chi connectivity index (χ0) is 10.8. The maximum atomic E-state index is 12.3. The highest BCUT2D eigenvalue weighted by atomic mass is 19.4. The quantitative estimate of drug-likeness (QED) is 0.562. The number of phenols is 1. The molecule has 1 aromatic carbocycles. The van der Waals surface area contributed by atoms with Crippen molar-refractivity contribution in [2.24, 2.45) is 4.99 Å². The average molecular weight is 203 g/mol. The van der Waals surface area contributed by atoms with E-state index in [1.165, 1.54) is 0 Å². The number of benzene rings is 1. The number of carbonyl (C=O) groups excluding carboxylic acids is 1. The second-order valence-electron chi connectivity index (χ2n) is 2.40. The standard InChI is InChI=1S/C8H4F3NO2/c9-8(10,11)6-3-5(14)1-2-7(6)12-4-13/h1-3,14H. The van der Waals surface area contributed by atoms with Crippen LogP contribution in [0.5, 0.6) is 5.75 Å². The van der Waals surface area contributed by atoms with E-state index in [1.54, 1.807) is 0 Å². The highest BCUT2D eigenvalue weighted by Gasteiger charge is 2.34. The predicted molar refractivity (Wildman–Crippen MR) is 40.9 cm³/mol. The first kappa shape index (κ1) is 10.3. The molecule has 0 bridgehead atoms. The Balaban J connectivity index is 3.37. The smallest absolute Gasteiger partial charge is 0.418 e. The lowest BCUT2D eigenvalue weighted by atomic mass is 10.1. The van der Waals surface area contributed by atoms with E-state index < -0.39 is 23.2 Å². The van der Waals surface area contributed by atoms with Crippen LogP contribution in [0.15, 0.2) is 23.2 Å². The molecule has 0 amide bonds. The maximum Gasteiger partial charge on any atom is 0.418 e. The second kappa shape index (κ2) is 3.51. The normalized spacial score (nSPS) is 10.8. The Kier molecular flexibility index (Phi) is 2.58. The number of aliphatic imine (C=N–C) groups is 1. The summed E-state index contributed by atoms with van der Waals surface area (Å²) >= 11 is 0. The molecule has 0 atom stereocenters. The van der Waals surface area contributed by atoms with Gasteiger partial charge in [-0.1, -0.05) is 0 Å². The van der Waals surface area contributed by atoms with Gasteiger partial charge in [-0.3, -0.25) is 0 Å². The molecule has 0 radical (unpaired) electrons. The van der Waals surface area contributed by atoms with E-state index >= 15 is 0 Å². The second-order valence-corrected chi connectivity index (χ2v) is 2.40. The van der Waals surface area contributed by atoms with E-state index in [1.807, 2.05) is 0 Å². The molecule has 0 aliphatic rings. The number of hydrogen-bond acceptors (Lipinski definition) is 3. The van der Waals surface area contributed by atoms with Gasteiger partial charge in [0.05, 0.1) is 11.3 Å².